The largest absolute Gasteiger partial charge is 0.324 e. The van der Waals surface area contributed by atoms with Gasteiger partial charge >= 0.3 is 0 Å². The maximum atomic E-state index is 10.9. The summed E-state index contributed by atoms with van der Waals surface area (Å²) >= 11 is 3.86. The SMILES string of the molecule is NC(Cc1ccccc1[N+](=O)[O-])c1csc(I)c1. The van der Waals surface area contributed by atoms with Crippen molar-refractivity contribution in [1.29, 1.82) is 0 Å². The Bertz CT molecular complexity index is 571. The number of hydrogen-bond acceptors (Lipinski definition) is 4. The molecular weight excluding hydrogens is 363 g/mol. The highest BCUT2D eigenvalue weighted by Gasteiger charge is 2.16. The predicted octanol–water partition coefficient (Wildman–Crippen LogP) is 3.50. The van der Waals surface area contributed by atoms with E-state index in [-0.39, 0.29) is 16.7 Å². The van der Waals surface area contributed by atoms with Crippen LogP contribution in [0.5, 0.6) is 0 Å². The lowest BCUT2D eigenvalue weighted by Gasteiger charge is -2.10. The smallest absolute Gasteiger partial charge is 0.272 e. The lowest BCUT2D eigenvalue weighted by Crippen LogP contribution is -2.13. The molecule has 0 aliphatic rings. The van der Waals surface area contributed by atoms with E-state index in [1.807, 2.05) is 11.4 Å². The van der Waals surface area contributed by atoms with Crippen molar-refractivity contribution in [3.05, 3.63) is 59.8 Å². The van der Waals surface area contributed by atoms with Crippen LogP contribution >= 0.6 is 33.9 Å². The van der Waals surface area contributed by atoms with Crippen LogP contribution in [0.4, 0.5) is 5.69 Å². The van der Waals surface area contributed by atoms with E-state index in [0.717, 1.165) is 5.56 Å². The number of benzene rings is 1. The molecule has 1 heterocycles. The summed E-state index contributed by atoms with van der Waals surface area (Å²) in [5.41, 5.74) is 7.93. The van der Waals surface area contributed by atoms with Crippen molar-refractivity contribution in [2.45, 2.75) is 12.5 Å². The van der Waals surface area contributed by atoms with E-state index < -0.39 is 0 Å². The van der Waals surface area contributed by atoms with Gasteiger partial charge in [0.1, 0.15) is 0 Å². The molecule has 6 heteroatoms. The van der Waals surface area contributed by atoms with E-state index >= 15 is 0 Å². The number of nitro benzene ring substituents is 1. The van der Waals surface area contributed by atoms with E-state index in [2.05, 4.69) is 22.6 Å². The van der Waals surface area contributed by atoms with Gasteiger partial charge in [-0.25, -0.2) is 0 Å². The maximum absolute atomic E-state index is 10.9. The second-order valence-corrected chi connectivity index (χ2v) is 6.69. The Morgan fingerprint density at radius 2 is 2.17 bits per heavy atom. The number of hydrogen-bond donors (Lipinski definition) is 1. The van der Waals surface area contributed by atoms with Gasteiger partial charge in [0.15, 0.2) is 0 Å². The number of halogens is 1. The minimum Gasteiger partial charge on any atom is -0.324 e. The Kier molecular flexibility index (Phi) is 4.31. The third-order valence-corrected chi connectivity index (χ3v) is 4.45. The molecule has 1 aromatic carbocycles. The van der Waals surface area contributed by atoms with Gasteiger partial charge in [0.05, 0.1) is 7.81 Å². The van der Waals surface area contributed by atoms with Crippen LogP contribution in [0.15, 0.2) is 35.7 Å². The molecule has 2 rings (SSSR count). The van der Waals surface area contributed by atoms with E-state index in [1.54, 1.807) is 29.5 Å². The molecule has 0 saturated carbocycles. The van der Waals surface area contributed by atoms with Crippen LogP contribution in [-0.2, 0) is 6.42 Å². The minimum atomic E-state index is -0.362. The fourth-order valence-electron chi connectivity index (χ4n) is 1.73. The zero-order valence-corrected chi connectivity index (χ0v) is 12.3. The summed E-state index contributed by atoms with van der Waals surface area (Å²) in [4.78, 5) is 10.5. The molecule has 0 fully saturated rings. The van der Waals surface area contributed by atoms with Crippen LogP contribution in [0.1, 0.15) is 17.2 Å². The normalized spacial score (nSPS) is 12.3. The third kappa shape index (κ3) is 3.06. The van der Waals surface area contributed by atoms with Crippen LogP contribution in [0, 0.1) is 13.0 Å². The van der Waals surface area contributed by atoms with Crippen molar-refractivity contribution in [2.75, 3.05) is 0 Å². The molecule has 2 aromatic rings. The van der Waals surface area contributed by atoms with Crippen molar-refractivity contribution in [3.8, 4) is 0 Å². The average Bonchev–Trinajstić information content (AvgIpc) is 2.76. The molecule has 0 spiro atoms. The van der Waals surface area contributed by atoms with Crippen molar-refractivity contribution < 1.29 is 4.92 Å². The van der Waals surface area contributed by atoms with Crippen LogP contribution in [0.2, 0.25) is 0 Å². The maximum Gasteiger partial charge on any atom is 0.272 e. The number of thiophene rings is 1. The van der Waals surface area contributed by atoms with Crippen molar-refractivity contribution in [3.63, 3.8) is 0 Å². The first kappa shape index (κ1) is 13.4. The zero-order valence-electron chi connectivity index (χ0n) is 9.38. The Morgan fingerprint density at radius 1 is 1.44 bits per heavy atom. The first-order valence-electron chi connectivity index (χ1n) is 5.29. The minimum absolute atomic E-state index is 0.137. The lowest BCUT2D eigenvalue weighted by molar-refractivity contribution is -0.385. The van der Waals surface area contributed by atoms with Crippen LogP contribution in [0.3, 0.4) is 0 Å². The standard InChI is InChI=1S/C12H11IN2O2S/c13-12-6-9(7-18-12)10(14)5-8-3-1-2-4-11(8)15(16)17/h1-4,6-7,10H,5,14H2. The summed E-state index contributed by atoms with van der Waals surface area (Å²) in [7, 11) is 0. The Balaban J connectivity index is 2.21. The van der Waals surface area contributed by atoms with E-state index in [1.165, 1.54) is 8.95 Å². The number of rotatable bonds is 4. The highest BCUT2D eigenvalue weighted by Crippen LogP contribution is 2.26. The molecule has 0 aliphatic heterocycles. The van der Waals surface area contributed by atoms with Gasteiger partial charge in [0, 0.05) is 17.7 Å². The van der Waals surface area contributed by atoms with Crippen molar-refractivity contribution in [1.82, 2.24) is 0 Å². The number of para-hydroxylation sites is 1. The molecule has 1 atom stereocenters. The third-order valence-electron chi connectivity index (χ3n) is 2.64. The molecule has 0 amide bonds. The molecule has 94 valence electrons. The van der Waals surface area contributed by atoms with Gasteiger partial charge in [-0.3, -0.25) is 10.1 Å². The molecule has 1 aromatic heterocycles. The predicted molar refractivity (Wildman–Crippen MR) is 80.8 cm³/mol. The first-order valence-corrected chi connectivity index (χ1v) is 7.25. The van der Waals surface area contributed by atoms with Gasteiger partial charge in [-0.1, -0.05) is 18.2 Å². The van der Waals surface area contributed by atoms with E-state index in [4.69, 9.17) is 5.73 Å². The fraction of sp³-hybridized carbons (Fsp3) is 0.167. The molecule has 0 saturated heterocycles. The van der Waals surface area contributed by atoms with E-state index in [0.29, 0.717) is 12.0 Å². The van der Waals surface area contributed by atoms with Gasteiger partial charge < -0.3 is 5.73 Å². The van der Waals surface area contributed by atoms with Gasteiger partial charge in [0.2, 0.25) is 0 Å². The van der Waals surface area contributed by atoms with Gasteiger partial charge in [-0.2, -0.15) is 0 Å². The average molecular weight is 374 g/mol. The number of nitrogens with two attached hydrogens (primary N) is 1. The second-order valence-electron chi connectivity index (χ2n) is 3.88. The Labute approximate surface area is 122 Å². The highest BCUT2D eigenvalue weighted by atomic mass is 127. The summed E-state index contributed by atoms with van der Waals surface area (Å²) in [5, 5.41) is 12.9. The summed E-state index contributed by atoms with van der Waals surface area (Å²) in [6.07, 6.45) is 0.476. The highest BCUT2D eigenvalue weighted by molar-refractivity contribution is 14.1. The van der Waals surface area contributed by atoms with Crippen LogP contribution in [0.25, 0.3) is 0 Å². The van der Waals surface area contributed by atoms with E-state index in [9.17, 15) is 10.1 Å². The van der Waals surface area contributed by atoms with Gasteiger partial charge in [0.25, 0.3) is 5.69 Å². The first-order chi connectivity index (χ1) is 8.58. The molecule has 18 heavy (non-hydrogen) atoms. The fourth-order valence-corrected chi connectivity index (χ4v) is 3.17. The van der Waals surface area contributed by atoms with Crippen molar-refractivity contribution >= 4 is 39.6 Å². The zero-order chi connectivity index (χ0) is 13.1. The Hall–Kier alpha value is -0.990. The molecule has 2 N–H and O–H groups in total. The quantitative estimate of drug-likeness (QED) is 0.506. The topological polar surface area (TPSA) is 69.2 Å². The molecule has 0 aliphatic carbocycles. The summed E-state index contributed by atoms with van der Waals surface area (Å²) < 4.78 is 1.17. The molecule has 0 radical (unpaired) electrons. The van der Waals surface area contributed by atoms with Gasteiger partial charge in [-0.15, -0.1) is 11.3 Å². The summed E-state index contributed by atoms with van der Waals surface area (Å²) in [6.45, 7) is 0. The molecular formula is C12H11IN2O2S. The lowest BCUT2D eigenvalue weighted by atomic mass is 10.0. The number of nitrogens with zero attached hydrogens (tertiary/aromatic N) is 1. The monoisotopic (exact) mass is 374 g/mol. The second kappa shape index (κ2) is 5.77. The Morgan fingerprint density at radius 3 is 2.78 bits per heavy atom. The molecule has 1 unspecified atom stereocenters. The molecule has 0 bridgehead atoms. The summed E-state index contributed by atoms with van der Waals surface area (Å²) in [5.74, 6) is 0. The van der Waals surface area contributed by atoms with Crippen LogP contribution < -0.4 is 5.73 Å². The van der Waals surface area contributed by atoms with Gasteiger partial charge in [-0.05, 0) is 46.0 Å². The van der Waals surface area contributed by atoms with Crippen molar-refractivity contribution in [2.24, 2.45) is 5.73 Å². The van der Waals surface area contributed by atoms with Crippen LogP contribution in [-0.4, -0.2) is 4.92 Å². The molecule has 4 nitrogen and oxygen atoms in total. The number of nitro groups is 1. The summed E-state index contributed by atoms with van der Waals surface area (Å²) in [6, 6.07) is 8.55.